The highest BCUT2D eigenvalue weighted by atomic mass is 16.6. The number of alkyl carbamates (subject to hydrolysis) is 1. The third-order valence-electron chi connectivity index (χ3n) is 15.8. The summed E-state index contributed by atoms with van der Waals surface area (Å²) in [5.41, 5.74) is 6.11. The van der Waals surface area contributed by atoms with Crippen molar-refractivity contribution in [2.75, 3.05) is 23.7 Å². The quantitative estimate of drug-likeness (QED) is 0.0271. The first-order valence-electron chi connectivity index (χ1n) is 31.9. The predicted molar refractivity (Wildman–Crippen MR) is 325 cm³/mol. The van der Waals surface area contributed by atoms with E-state index in [1.807, 2.05) is 20.8 Å². The van der Waals surface area contributed by atoms with Gasteiger partial charge in [-0.25, -0.2) is 4.79 Å². The number of imide groups is 4. The lowest BCUT2D eigenvalue weighted by Gasteiger charge is -2.27. The molecule has 4 aliphatic rings. The van der Waals surface area contributed by atoms with Crippen LogP contribution in [0.15, 0.2) is 36.4 Å². The first-order chi connectivity index (χ1) is 40.9. The minimum absolute atomic E-state index is 0.0503. The van der Waals surface area contributed by atoms with E-state index in [0.29, 0.717) is 19.4 Å². The van der Waals surface area contributed by atoms with Crippen LogP contribution in [0.2, 0.25) is 0 Å². The van der Waals surface area contributed by atoms with Crippen LogP contribution in [-0.2, 0) is 33.5 Å². The number of anilines is 2. The van der Waals surface area contributed by atoms with Crippen molar-refractivity contribution in [2.45, 2.75) is 257 Å². The Bertz CT molecular complexity index is 2610. The van der Waals surface area contributed by atoms with Crippen molar-refractivity contribution in [3.63, 3.8) is 0 Å². The number of piperidine rings is 2. The highest BCUT2D eigenvalue weighted by Crippen LogP contribution is 2.34. The van der Waals surface area contributed by atoms with Crippen LogP contribution in [0.4, 0.5) is 16.2 Å². The lowest BCUT2D eigenvalue weighted by atomic mass is 10.0. The maximum absolute atomic E-state index is 13.2. The summed E-state index contributed by atoms with van der Waals surface area (Å²) in [6.45, 7) is 7.05. The third-order valence-corrected chi connectivity index (χ3v) is 15.8. The normalized spacial score (nSPS) is 16.6. The summed E-state index contributed by atoms with van der Waals surface area (Å²) in [6, 6.07) is 7.34. The average Bonchev–Trinajstić information content (AvgIpc) is 1.80. The zero-order chi connectivity index (χ0) is 61.6. The number of rotatable bonds is 37. The maximum Gasteiger partial charge on any atom is 0.407 e. The molecule has 4 heterocycles. The second-order valence-electron chi connectivity index (χ2n) is 24.1. The molecule has 0 aliphatic carbocycles. The zero-order valence-corrected chi connectivity index (χ0v) is 50.9. The van der Waals surface area contributed by atoms with Gasteiger partial charge in [-0.1, -0.05) is 166 Å². The van der Waals surface area contributed by atoms with Crippen LogP contribution < -0.4 is 32.3 Å². The van der Waals surface area contributed by atoms with Gasteiger partial charge >= 0.3 is 6.09 Å². The zero-order valence-electron chi connectivity index (χ0n) is 50.9. The first-order valence-corrected chi connectivity index (χ1v) is 31.9. The highest BCUT2D eigenvalue weighted by Gasteiger charge is 2.47. The van der Waals surface area contributed by atoms with Crippen molar-refractivity contribution in [3.05, 3.63) is 58.7 Å². The van der Waals surface area contributed by atoms with E-state index >= 15 is 0 Å². The number of fused-ring (bicyclic) bond motifs is 2. The van der Waals surface area contributed by atoms with Gasteiger partial charge in [0.25, 0.3) is 23.6 Å². The third kappa shape index (κ3) is 23.2. The van der Waals surface area contributed by atoms with E-state index in [-0.39, 0.29) is 77.2 Å². The fourth-order valence-corrected chi connectivity index (χ4v) is 11.3. The molecule has 0 bridgehead atoms. The Hall–Kier alpha value is -6.83. The molecule has 0 saturated carbocycles. The Morgan fingerprint density at radius 1 is 0.482 bits per heavy atom. The van der Waals surface area contributed by atoms with Crippen LogP contribution in [0.25, 0.3) is 0 Å². The van der Waals surface area contributed by atoms with Gasteiger partial charge in [-0.3, -0.25) is 68.4 Å². The summed E-state index contributed by atoms with van der Waals surface area (Å²) in [6.07, 6.45) is 33.4. The lowest BCUT2D eigenvalue weighted by molar-refractivity contribution is -0.137. The van der Waals surface area contributed by atoms with Crippen molar-refractivity contribution in [1.29, 1.82) is 0 Å². The van der Waals surface area contributed by atoms with Gasteiger partial charge in [-0.15, -0.1) is 0 Å². The second-order valence-corrected chi connectivity index (χ2v) is 24.1. The van der Waals surface area contributed by atoms with Gasteiger partial charge in [0, 0.05) is 32.2 Å². The molecule has 0 spiro atoms. The number of nitrogens with two attached hydrogens (primary N) is 1. The number of unbranched alkanes of at least 4 members (excludes halogenated alkanes) is 26. The maximum atomic E-state index is 13.2. The molecule has 2 unspecified atom stereocenters. The van der Waals surface area contributed by atoms with Gasteiger partial charge in [0.05, 0.1) is 33.6 Å². The molecule has 2 fully saturated rings. The van der Waals surface area contributed by atoms with E-state index in [9.17, 15) is 52.7 Å². The molecule has 0 aromatic heterocycles. The van der Waals surface area contributed by atoms with Crippen molar-refractivity contribution >= 4 is 76.5 Å². The smallest absolute Gasteiger partial charge is 0.407 e. The van der Waals surface area contributed by atoms with Gasteiger partial charge in [0.2, 0.25) is 35.4 Å². The molecule has 4 aliphatic heterocycles. The fourth-order valence-electron chi connectivity index (χ4n) is 11.3. The largest absolute Gasteiger partial charge is 0.444 e. The minimum atomic E-state index is -1.04. The van der Waals surface area contributed by atoms with Crippen LogP contribution in [0.5, 0.6) is 0 Å². The van der Waals surface area contributed by atoms with E-state index in [0.717, 1.165) is 80.6 Å². The molecule has 2 aromatic carbocycles. The van der Waals surface area contributed by atoms with Crippen molar-refractivity contribution < 1.29 is 57.5 Å². The number of nitrogens with zero attached hydrogens (tertiary/aromatic N) is 2. The Morgan fingerprint density at radius 2 is 0.812 bits per heavy atom. The number of hydrogen-bond donors (Lipinski definition) is 6. The summed E-state index contributed by atoms with van der Waals surface area (Å²) in [5.74, 6) is -5.02. The number of benzene rings is 2. The summed E-state index contributed by atoms with van der Waals surface area (Å²) in [4.78, 5) is 138. The summed E-state index contributed by atoms with van der Waals surface area (Å²) in [7, 11) is 0. The highest BCUT2D eigenvalue weighted by molar-refractivity contribution is 6.27. The fraction of sp³-hybridized carbons (Fsp3) is 0.646. The molecule has 7 N–H and O–H groups in total. The van der Waals surface area contributed by atoms with Crippen LogP contribution in [0, 0.1) is 0 Å². The molecule has 11 amide bonds. The second kappa shape index (κ2) is 36.9. The van der Waals surface area contributed by atoms with Crippen LogP contribution in [0.1, 0.15) is 281 Å². The van der Waals surface area contributed by atoms with E-state index in [2.05, 4.69) is 26.6 Å². The van der Waals surface area contributed by atoms with Gasteiger partial charge in [0.15, 0.2) is 0 Å². The van der Waals surface area contributed by atoms with Crippen LogP contribution >= 0.6 is 0 Å². The molecule has 20 nitrogen and oxygen atoms in total. The Morgan fingerprint density at radius 3 is 1.14 bits per heavy atom. The van der Waals surface area contributed by atoms with Crippen LogP contribution in [-0.4, -0.2) is 106 Å². The molecule has 2 atom stereocenters. The summed E-state index contributed by atoms with van der Waals surface area (Å²) in [5, 5.41) is 12.7. The molecular weight excluding hydrogens is 1080 g/mol. The molecule has 468 valence electrons. The molecule has 6 rings (SSSR count). The number of ether oxygens (including phenoxy) is 1. The first kappa shape index (κ1) is 68.9. The monoisotopic (exact) mass is 1180 g/mol. The number of amides is 11. The SMILES string of the molecule is CC(C)(C)OC(=O)NCCCCCCCCCCCCCCCCC(=O)Nc1cccc2c1C(=O)N(C1CCC(=O)NC1=O)C2=O.NCCCCCCCCCCCCCCCCC(=O)Nc1cccc2c1C(=O)N(C1CCC(=O)NC1=O)C2=O. The molecule has 0 radical (unpaired) electrons. The summed E-state index contributed by atoms with van der Waals surface area (Å²) >= 11 is 0. The number of carbonyl (C=O) groups excluding carboxylic acids is 11. The van der Waals surface area contributed by atoms with Crippen LogP contribution in [0.3, 0.4) is 0 Å². The molecular formula is C65H96N8O12. The standard InChI is InChI=1S/C35H52N4O7.C30H44N4O5/c1-35(2,3)46-34(45)36-24-17-15-13-11-9-7-5-4-6-8-10-12-14-16-21-28(40)37-26-20-18-19-25-30(26)33(44)39(32(25)43)27-22-23-29(41)38-31(27)42;31-21-14-12-10-8-6-4-2-1-3-5-7-9-11-13-18-25(35)32-23-17-15-16-22-27(23)30(39)34(29(22)38)24-19-20-26(36)33-28(24)37/h18-20,27H,4-17,21-24H2,1-3H3,(H,36,45)(H,37,40)(H,38,41,42);15-17,24H,1-14,18-21,31H2,(H,32,35)(H,33,36,37). The van der Waals surface area contributed by atoms with Crippen molar-refractivity contribution in [3.8, 4) is 0 Å². The number of hydrogen-bond acceptors (Lipinski definition) is 13. The molecule has 85 heavy (non-hydrogen) atoms. The van der Waals surface area contributed by atoms with Gasteiger partial charge in [-0.2, -0.15) is 0 Å². The molecule has 2 aromatic rings. The number of carbonyl (C=O) groups is 11. The van der Waals surface area contributed by atoms with E-state index in [4.69, 9.17) is 10.5 Å². The summed E-state index contributed by atoms with van der Waals surface area (Å²) < 4.78 is 5.23. The van der Waals surface area contributed by atoms with Gasteiger partial charge in [-0.05, 0) is 90.1 Å². The van der Waals surface area contributed by atoms with E-state index in [1.165, 1.54) is 128 Å². The molecule has 2 saturated heterocycles. The topological polar surface area (TPSA) is 290 Å². The minimum Gasteiger partial charge on any atom is -0.444 e. The lowest BCUT2D eigenvalue weighted by Crippen LogP contribution is -2.54. The predicted octanol–water partition coefficient (Wildman–Crippen LogP) is 11.2. The average molecular weight is 1180 g/mol. The Labute approximate surface area is 502 Å². The van der Waals surface area contributed by atoms with Crippen molar-refractivity contribution in [2.24, 2.45) is 5.73 Å². The van der Waals surface area contributed by atoms with Gasteiger partial charge < -0.3 is 26.4 Å². The van der Waals surface area contributed by atoms with E-state index in [1.54, 1.807) is 24.3 Å². The van der Waals surface area contributed by atoms with Crippen molar-refractivity contribution in [1.82, 2.24) is 25.8 Å². The van der Waals surface area contributed by atoms with Gasteiger partial charge in [0.1, 0.15) is 17.7 Å². The Kier molecular flexibility index (Phi) is 29.9. The number of nitrogens with one attached hydrogen (secondary N) is 5. The molecule has 20 heteroatoms. The van der Waals surface area contributed by atoms with E-state index < -0.39 is 64.9 Å². The Balaban J connectivity index is 0.000000315.